The number of aliphatic hydroxyl groups is 1. The highest BCUT2D eigenvalue weighted by molar-refractivity contribution is 7.11. The van der Waals surface area contributed by atoms with Gasteiger partial charge in [-0.25, -0.2) is 4.98 Å². The normalized spacial score (nSPS) is 27.8. The number of hydrogen-bond donors (Lipinski definition) is 2. The second kappa shape index (κ2) is 6.12. The van der Waals surface area contributed by atoms with Gasteiger partial charge in [-0.3, -0.25) is 0 Å². The first-order valence-corrected chi connectivity index (χ1v) is 8.47. The van der Waals surface area contributed by atoms with Gasteiger partial charge < -0.3 is 10.4 Å². The number of aromatic nitrogens is 1. The van der Waals surface area contributed by atoms with E-state index in [2.05, 4.69) is 38.0 Å². The molecule has 2 atom stereocenters. The van der Waals surface area contributed by atoms with Crippen molar-refractivity contribution in [2.75, 3.05) is 6.61 Å². The third-order valence-electron chi connectivity index (χ3n) is 4.23. The number of aliphatic hydroxyl groups excluding tert-OH is 1. The number of hydrogen-bond acceptors (Lipinski definition) is 4. The average molecular weight is 296 g/mol. The lowest BCUT2D eigenvalue weighted by Gasteiger charge is -2.39. The highest BCUT2D eigenvalue weighted by Crippen LogP contribution is 2.33. The molecule has 2 unspecified atom stereocenters. The first kappa shape index (κ1) is 15.9. The molecule has 0 aliphatic heterocycles. The van der Waals surface area contributed by atoms with Crippen molar-refractivity contribution in [1.29, 1.82) is 0 Å². The Morgan fingerprint density at radius 1 is 1.50 bits per heavy atom. The Balaban J connectivity index is 1.98. The smallest absolute Gasteiger partial charge is 0.0981 e. The molecule has 1 aliphatic carbocycles. The Morgan fingerprint density at radius 3 is 2.80 bits per heavy atom. The molecule has 1 fully saturated rings. The number of rotatable bonds is 4. The predicted molar refractivity (Wildman–Crippen MR) is 85.1 cm³/mol. The van der Waals surface area contributed by atoms with Crippen LogP contribution in [0, 0.1) is 5.92 Å². The second-order valence-corrected chi connectivity index (χ2v) is 8.49. The first-order valence-electron chi connectivity index (χ1n) is 7.66. The quantitative estimate of drug-likeness (QED) is 0.894. The van der Waals surface area contributed by atoms with E-state index in [0.29, 0.717) is 5.92 Å². The fraction of sp³-hybridized carbons (Fsp3) is 0.812. The molecule has 1 heterocycles. The first-order chi connectivity index (χ1) is 9.35. The highest BCUT2D eigenvalue weighted by Gasteiger charge is 2.34. The Morgan fingerprint density at radius 2 is 2.25 bits per heavy atom. The van der Waals surface area contributed by atoms with Crippen LogP contribution in [0.3, 0.4) is 0 Å². The maximum Gasteiger partial charge on any atom is 0.0981 e. The summed E-state index contributed by atoms with van der Waals surface area (Å²) >= 11 is 1.78. The molecule has 3 nitrogen and oxygen atoms in total. The van der Waals surface area contributed by atoms with Gasteiger partial charge in [-0.15, -0.1) is 11.3 Å². The average Bonchev–Trinajstić information content (AvgIpc) is 2.85. The van der Waals surface area contributed by atoms with Gasteiger partial charge in [-0.1, -0.05) is 40.5 Å². The van der Waals surface area contributed by atoms with Crippen molar-refractivity contribution in [3.8, 4) is 0 Å². The van der Waals surface area contributed by atoms with Crippen molar-refractivity contribution < 1.29 is 5.11 Å². The van der Waals surface area contributed by atoms with Gasteiger partial charge in [0.2, 0.25) is 0 Å². The van der Waals surface area contributed by atoms with Crippen LogP contribution in [0.4, 0.5) is 0 Å². The van der Waals surface area contributed by atoms with Gasteiger partial charge in [0, 0.05) is 28.6 Å². The zero-order valence-electron chi connectivity index (χ0n) is 13.2. The van der Waals surface area contributed by atoms with E-state index in [4.69, 9.17) is 0 Å². The maximum absolute atomic E-state index is 9.80. The van der Waals surface area contributed by atoms with Gasteiger partial charge in [-0.2, -0.15) is 0 Å². The summed E-state index contributed by atoms with van der Waals surface area (Å²) in [6, 6.07) is 0. The summed E-state index contributed by atoms with van der Waals surface area (Å²) < 4.78 is 0. The van der Waals surface area contributed by atoms with E-state index in [1.165, 1.54) is 22.7 Å². The largest absolute Gasteiger partial charge is 0.394 e. The summed E-state index contributed by atoms with van der Waals surface area (Å²) in [6.45, 7) is 9.93. The Kier molecular flexibility index (Phi) is 4.88. The van der Waals surface area contributed by atoms with Crippen LogP contribution in [-0.2, 0) is 12.0 Å². The van der Waals surface area contributed by atoms with Crippen molar-refractivity contribution >= 4 is 11.3 Å². The summed E-state index contributed by atoms with van der Waals surface area (Å²) in [5, 5.41) is 14.6. The molecule has 0 spiro atoms. The minimum Gasteiger partial charge on any atom is -0.394 e. The number of nitrogens with one attached hydrogen (secondary N) is 1. The SMILES string of the molecule is CC1CCCC(CO)(NCc2cnc(C(C)(C)C)s2)C1. The second-order valence-electron chi connectivity index (χ2n) is 7.38. The fourth-order valence-corrected chi connectivity index (χ4v) is 3.94. The van der Waals surface area contributed by atoms with Gasteiger partial charge in [-0.05, 0) is 18.8 Å². The van der Waals surface area contributed by atoms with Crippen LogP contribution >= 0.6 is 11.3 Å². The highest BCUT2D eigenvalue weighted by atomic mass is 32.1. The van der Waals surface area contributed by atoms with Crippen molar-refractivity contribution in [3.05, 3.63) is 16.1 Å². The maximum atomic E-state index is 9.80. The predicted octanol–water partition coefficient (Wildman–Crippen LogP) is 3.47. The molecule has 4 heteroatoms. The number of nitrogens with zero attached hydrogens (tertiary/aromatic N) is 1. The van der Waals surface area contributed by atoms with E-state index in [1.54, 1.807) is 11.3 Å². The van der Waals surface area contributed by atoms with Crippen LogP contribution in [0.15, 0.2) is 6.20 Å². The van der Waals surface area contributed by atoms with Gasteiger partial charge >= 0.3 is 0 Å². The van der Waals surface area contributed by atoms with Crippen LogP contribution in [-0.4, -0.2) is 22.2 Å². The molecule has 20 heavy (non-hydrogen) atoms. The molecule has 0 bridgehead atoms. The van der Waals surface area contributed by atoms with Crippen molar-refractivity contribution in [2.45, 2.75) is 70.9 Å². The Hall–Kier alpha value is -0.450. The van der Waals surface area contributed by atoms with Gasteiger partial charge in [0.1, 0.15) is 0 Å². The standard InChI is InChI=1S/C16H28N2OS/c1-12-6-5-7-16(8-12,11-19)18-10-13-9-17-14(20-13)15(2,3)4/h9,12,18-19H,5-8,10-11H2,1-4H3. The molecule has 1 aliphatic rings. The monoisotopic (exact) mass is 296 g/mol. The molecular formula is C16H28N2OS. The molecule has 2 N–H and O–H groups in total. The molecule has 2 rings (SSSR count). The molecule has 0 amide bonds. The third kappa shape index (κ3) is 3.80. The van der Waals surface area contributed by atoms with Crippen molar-refractivity contribution in [2.24, 2.45) is 5.92 Å². The van der Waals surface area contributed by atoms with Crippen molar-refractivity contribution in [3.63, 3.8) is 0 Å². The van der Waals surface area contributed by atoms with E-state index in [0.717, 1.165) is 19.4 Å². The molecule has 114 valence electrons. The summed E-state index contributed by atoms with van der Waals surface area (Å²) in [6.07, 6.45) is 6.64. The topological polar surface area (TPSA) is 45.1 Å². The molecule has 0 saturated heterocycles. The van der Waals surface area contributed by atoms with Crippen LogP contribution in [0.5, 0.6) is 0 Å². The third-order valence-corrected chi connectivity index (χ3v) is 5.65. The molecular weight excluding hydrogens is 268 g/mol. The zero-order valence-corrected chi connectivity index (χ0v) is 14.0. The van der Waals surface area contributed by atoms with Crippen LogP contribution in [0.25, 0.3) is 0 Å². The van der Waals surface area contributed by atoms with E-state index in [-0.39, 0.29) is 17.6 Å². The van der Waals surface area contributed by atoms with Crippen molar-refractivity contribution in [1.82, 2.24) is 10.3 Å². The fourth-order valence-electron chi connectivity index (χ4n) is 3.03. The molecule has 1 aromatic rings. The van der Waals surface area contributed by atoms with E-state index in [9.17, 15) is 5.11 Å². The van der Waals surface area contributed by atoms with E-state index < -0.39 is 0 Å². The minimum atomic E-state index is -0.0798. The van der Waals surface area contributed by atoms with E-state index in [1.807, 2.05) is 6.20 Å². The summed E-state index contributed by atoms with van der Waals surface area (Å²) in [5.74, 6) is 0.704. The lowest BCUT2D eigenvalue weighted by molar-refractivity contribution is 0.0985. The zero-order chi connectivity index (χ0) is 14.8. The van der Waals surface area contributed by atoms with Gasteiger partial charge in [0.25, 0.3) is 0 Å². The molecule has 1 aromatic heterocycles. The van der Waals surface area contributed by atoms with Gasteiger partial charge in [0.15, 0.2) is 0 Å². The molecule has 0 radical (unpaired) electrons. The van der Waals surface area contributed by atoms with Crippen LogP contribution in [0.2, 0.25) is 0 Å². The molecule has 1 saturated carbocycles. The van der Waals surface area contributed by atoms with Crippen LogP contribution < -0.4 is 5.32 Å². The summed E-state index contributed by atoms with van der Waals surface area (Å²) in [4.78, 5) is 5.80. The van der Waals surface area contributed by atoms with E-state index >= 15 is 0 Å². The Labute approximate surface area is 126 Å². The van der Waals surface area contributed by atoms with Gasteiger partial charge in [0.05, 0.1) is 11.6 Å². The summed E-state index contributed by atoms with van der Waals surface area (Å²) in [7, 11) is 0. The summed E-state index contributed by atoms with van der Waals surface area (Å²) in [5.41, 5.74) is 0.0422. The van der Waals surface area contributed by atoms with Crippen LogP contribution in [0.1, 0.15) is 63.3 Å². The Bertz CT molecular complexity index is 438. The molecule has 0 aromatic carbocycles. The lowest BCUT2D eigenvalue weighted by Crippen LogP contribution is -2.50. The minimum absolute atomic E-state index is 0.0798. The number of thiazole rings is 1. The lowest BCUT2D eigenvalue weighted by atomic mass is 9.77.